The second kappa shape index (κ2) is 7.42. The number of rotatable bonds is 4. The molecule has 0 saturated carbocycles. The average Bonchev–Trinajstić information content (AvgIpc) is 1.82. The third kappa shape index (κ3) is 6.43. The van der Waals surface area contributed by atoms with Gasteiger partial charge in [0.05, 0.1) is 0 Å². The maximum atomic E-state index is 10.1. The Labute approximate surface area is 80.1 Å². The quantitative estimate of drug-likeness (QED) is 0.671. The number of hydrogen-bond acceptors (Lipinski definition) is 2. The molecular formula is C6H16BiNO2. The van der Waals surface area contributed by atoms with Crippen molar-refractivity contribution in [3.05, 3.63) is 0 Å². The Morgan fingerprint density at radius 1 is 1.70 bits per heavy atom. The SMILES string of the molecule is CCCCC(N)C(=O)O.[BiH3]. The first-order valence-corrected chi connectivity index (χ1v) is 3.17. The fourth-order valence-electron chi connectivity index (χ4n) is 0.548. The van der Waals surface area contributed by atoms with Gasteiger partial charge in [0.15, 0.2) is 0 Å². The Bertz CT molecular complexity index is 97.7. The molecule has 1 atom stereocenters. The van der Waals surface area contributed by atoms with E-state index in [0.717, 1.165) is 12.8 Å². The van der Waals surface area contributed by atoms with Gasteiger partial charge in [-0.15, -0.1) is 0 Å². The van der Waals surface area contributed by atoms with Crippen LogP contribution in [0, 0.1) is 0 Å². The minimum absolute atomic E-state index is 0. The van der Waals surface area contributed by atoms with Gasteiger partial charge in [-0.2, -0.15) is 0 Å². The van der Waals surface area contributed by atoms with Crippen molar-refractivity contribution in [2.24, 2.45) is 5.73 Å². The molecule has 0 amide bonds. The normalized spacial score (nSPS) is 11.8. The van der Waals surface area contributed by atoms with E-state index in [1.165, 1.54) is 0 Å². The predicted molar refractivity (Wildman–Crippen MR) is 45.1 cm³/mol. The van der Waals surface area contributed by atoms with Gasteiger partial charge in [0, 0.05) is 0 Å². The van der Waals surface area contributed by atoms with E-state index >= 15 is 0 Å². The summed E-state index contributed by atoms with van der Waals surface area (Å²) >= 11 is 0. The fraction of sp³-hybridized carbons (Fsp3) is 0.833. The number of unbranched alkanes of at least 4 members (excludes halogenated alkanes) is 1. The molecule has 0 radical (unpaired) electrons. The van der Waals surface area contributed by atoms with Gasteiger partial charge < -0.3 is 10.8 Å². The number of carboxylic acid groups (broad SMARTS) is 1. The Morgan fingerprint density at radius 2 is 2.20 bits per heavy atom. The van der Waals surface area contributed by atoms with Gasteiger partial charge in [-0.1, -0.05) is 19.8 Å². The van der Waals surface area contributed by atoms with Gasteiger partial charge in [0.1, 0.15) is 6.04 Å². The van der Waals surface area contributed by atoms with Gasteiger partial charge in [0.2, 0.25) is 0 Å². The molecular weight excluding hydrogens is 327 g/mol. The molecule has 0 aliphatic rings. The van der Waals surface area contributed by atoms with Crippen LogP contribution in [-0.4, -0.2) is 43.3 Å². The monoisotopic (exact) mass is 343 g/mol. The van der Waals surface area contributed by atoms with Crippen molar-refractivity contribution in [2.75, 3.05) is 0 Å². The number of carboxylic acids is 1. The number of hydrogen-bond donors (Lipinski definition) is 2. The molecule has 0 aromatic rings. The zero-order valence-corrected chi connectivity index (χ0v) is 11.8. The first kappa shape index (κ1) is 12.9. The Kier molecular flexibility index (Phi) is 9.60. The zero-order chi connectivity index (χ0) is 7.28. The molecule has 0 heterocycles. The molecule has 3 nitrogen and oxygen atoms in total. The number of carbonyl (C=O) groups is 1. The van der Waals surface area contributed by atoms with Crippen LogP contribution in [0.1, 0.15) is 26.2 Å². The summed E-state index contributed by atoms with van der Waals surface area (Å²) < 4.78 is 0. The van der Waals surface area contributed by atoms with Crippen molar-refractivity contribution in [2.45, 2.75) is 32.2 Å². The second-order valence-corrected chi connectivity index (χ2v) is 2.09. The summed E-state index contributed by atoms with van der Waals surface area (Å²) in [5.41, 5.74) is 5.20. The van der Waals surface area contributed by atoms with E-state index in [2.05, 4.69) is 0 Å². The van der Waals surface area contributed by atoms with E-state index < -0.39 is 12.0 Å². The number of aliphatic carboxylic acids is 1. The molecule has 4 heteroatoms. The summed E-state index contributed by atoms with van der Waals surface area (Å²) in [6.45, 7) is 2.01. The van der Waals surface area contributed by atoms with Gasteiger partial charge in [-0.3, -0.25) is 4.79 Å². The first-order valence-electron chi connectivity index (χ1n) is 3.17. The molecule has 0 aromatic heterocycles. The fourth-order valence-corrected chi connectivity index (χ4v) is 0.548. The molecule has 3 N–H and O–H groups in total. The molecule has 0 aliphatic heterocycles. The van der Waals surface area contributed by atoms with Crippen LogP contribution in [0.3, 0.4) is 0 Å². The van der Waals surface area contributed by atoms with E-state index in [1.807, 2.05) is 6.92 Å². The molecule has 62 valence electrons. The summed E-state index contributed by atoms with van der Waals surface area (Å²) in [5, 5.41) is 8.28. The molecule has 1 unspecified atom stereocenters. The van der Waals surface area contributed by atoms with Crippen LogP contribution < -0.4 is 5.73 Å². The van der Waals surface area contributed by atoms with Crippen molar-refractivity contribution in [1.29, 1.82) is 0 Å². The van der Waals surface area contributed by atoms with E-state index in [0.29, 0.717) is 6.42 Å². The van der Waals surface area contributed by atoms with Gasteiger partial charge >= 0.3 is 32.2 Å². The van der Waals surface area contributed by atoms with Crippen LogP contribution in [0.15, 0.2) is 0 Å². The van der Waals surface area contributed by atoms with Crippen LogP contribution in [0.25, 0.3) is 0 Å². The summed E-state index contributed by atoms with van der Waals surface area (Å²) in [7, 11) is 0. The second-order valence-electron chi connectivity index (χ2n) is 2.09. The molecule has 0 spiro atoms. The first-order chi connectivity index (χ1) is 4.18. The van der Waals surface area contributed by atoms with Gasteiger partial charge in [-0.25, -0.2) is 0 Å². The molecule has 0 aliphatic carbocycles. The van der Waals surface area contributed by atoms with Crippen LogP contribution >= 0.6 is 0 Å². The molecule has 0 fully saturated rings. The van der Waals surface area contributed by atoms with Crippen LogP contribution in [0.5, 0.6) is 0 Å². The third-order valence-electron chi connectivity index (χ3n) is 1.19. The molecule has 0 saturated heterocycles. The Morgan fingerprint density at radius 3 is 2.50 bits per heavy atom. The maximum absolute atomic E-state index is 10.1. The Balaban J connectivity index is 0. The summed E-state index contributed by atoms with van der Waals surface area (Å²) in [6.07, 6.45) is 2.49. The molecule has 10 heavy (non-hydrogen) atoms. The van der Waals surface area contributed by atoms with E-state index in [1.54, 1.807) is 0 Å². The van der Waals surface area contributed by atoms with E-state index in [4.69, 9.17) is 10.8 Å². The van der Waals surface area contributed by atoms with Crippen molar-refractivity contribution in [3.8, 4) is 0 Å². The zero-order valence-electron chi connectivity index (χ0n) is 6.34. The molecule has 0 bridgehead atoms. The van der Waals surface area contributed by atoms with Crippen molar-refractivity contribution in [1.82, 2.24) is 0 Å². The Hall–Kier alpha value is 0.313. The topological polar surface area (TPSA) is 63.3 Å². The van der Waals surface area contributed by atoms with Crippen molar-refractivity contribution >= 4 is 32.2 Å². The van der Waals surface area contributed by atoms with Crippen LogP contribution in [0.4, 0.5) is 0 Å². The van der Waals surface area contributed by atoms with Gasteiger partial charge in [-0.05, 0) is 6.42 Å². The summed E-state index contributed by atoms with van der Waals surface area (Å²) in [6, 6.07) is -0.662. The number of nitrogens with two attached hydrogens (primary N) is 1. The summed E-state index contributed by atoms with van der Waals surface area (Å²) in [4.78, 5) is 10.1. The third-order valence-corrected chi connectivity index (χ3v) is 1.19. The molecule has 0 aromatic carbocycles. The summed E-state index contributed by atoms with van der Waals surface area (Å²) in [5.74, 6) is -0.900. The molecule has 0 rings (SSSR count). The standard InChI is InChI=1S/C6H13NO2.Bi.3H/c1-2-3-4-5(7)6(8)9;;;;/h5H,2-4,7H2,1H3,(H,8,9);;;;. The van der Waals surface area contributed by atoms with E-state index in [9.17, 15) is 4.79 Å². The van der Waals surface area contributed by atoms with Crippen LogP contribution in [-0.2, 0) is 4.79 Å². The van der Waals surface area contributed by atoms with Crippen LogP contribution in [0.2, 0.25) is 0 Å². The predicted octanol–water partition coefficient (Wildman–Crippen LogP) is -0.595. The minimum atomic E-state index is -0.900. The van der Waals surface area contributed by atoms with E-state index in [-0.39, 0.29) is 26.2 Å². The average molecular weight is 343 g/mol. The van der Waals surface area contributed by atoms with Crippen molar-refractivity contribution in [3.63, 3.8) is 0 Å². The van der Waals surface area contributed by atoms with Crippen molar-refractivity contribution < 1.29 is 9.90 Å². The van der Waals surface area contributed by atoms with Gasteiger partial charge in [0.25, 0.3) is 0 Å².